The zero-order chi connectivity index (χ0) is 28.6. The topological polar surface area (TPSA) is 133 Å². The van der Waals surface area contributed by atoms with Gasteiger partial charge in [-0.25, -0.2) is 0 Å². The first-order valence-electron chi connectivity index (χ1n) is 14.3. The molecule has 11 nitrogen and oxygen atoms in total. The molecule has 2 aromatic carbocycles. The number of aliphatic hydroxyl groups is 1. The third-order valence-corrected chi connectivity index (χ3v) is 8.30. The summed E-state index contributed by atoms with van der Waals surface area (Å²) in [4.78, 5) is 15.2. The van der Waals surface area contributed by atoms with Gasteiger partial charge in [-0.1, -0.05) is 12.5 Å². The van der Waals surface area contributed by atoms with Crippen LogP contribution in [0.5, 0.6) is 23.0 Å². The molecule has 0 saturated carbocycles. The minimum atomic E-state index is -2.45. The number of anilines is 1. The van der Waals surface area contributed by atoms with Gasteiger partial charge in [0.2, 0.25) is 5.91 Å². The molecule has 3 atom stereocenters. The number of amides is 1. The zero-order valence-electron chi connectivity index (χ0n) is 23.1. The van der Waals surface area contributed by atoms with Crippen molar-refractivity contribution in [2.24, 2.45) is 0 Å². The normalized spacial score (nSPS) is 18.4. The Kier molecular flexibility index (Phi) is 10.2. The summed E-state index contributed by atoms with van der Waals surface area (Å²) in [5.41, 5.74) is 1.18. The number of ether oxygens (including phenoxy) is 4. The summed E-state index contributed by atoms with van der Waals surface area (Å²) in [6.07, 6.45) is 3.47. The fourth-order valence-electron chi connectivity index (χ4n) is 5.42. The molecular formula is C29H38N3O8S-. The monoisotopic (exact) mass is 588 g/mol. The number of rotatable bonds is 13. The molecule has 5 rings (SSSR count). The number of nitrogens with one attached hydrogen (secondary N) is 1. The van der Waals surface area contributed by atoms with Gasteiger partial charge in [0, 0.05) is 36.8 Å². The van der Waals surface area contributed by atoms with Gasteiger partial charge in [-0.05, 0) is 68.6 Å². The predicted octanol–water partition coefficient (Wildman–Crippen LogP) is 2.70. The van der Waals surface area contributed by atoms with Crippen LogP contribution in [0, 0.1) is 0 Å². The van der Waals surface area contributed by atoms with E-state index in [9.17, 15) is 18.7 Å². The second-order valence-corrected chi connectivity index (χ2v) is 11.4. The highest BCUT2D eigenvalue weighted by molar-refractivity contribution is 7.80. The molecule has 2 N–H and O–H groups in total. The van der Waals surface area contributed by atoms with E-state index in [1.807, 2.05) is 6.07 Å². The third kappa shape index (κ3) is 7.82. The summed E-state index contributed by atoms with van der Waals surface area (Å²) < 4.78 is 47.5. The van der Waals surface area contributed by atoms with Crippen molar-refractivity contribution in [1.29, 1.82) is 0 Å². The molecule has 2 aromatic rings. The second-order valence-electron chi connectivity index (χ2n) is 10.5. The number of hydrogen-bond donors (Lipinski definition) is 2. The predicted molar refractivity (Wildman–Crippen MR) is 152 cm³/mol. The minimum absolute atomic E-state index is 0.137. The van der Waals surface area contributed by atoms with Gasteiger partial charge in [0.1, 0.15) is 32.5 Å². The fraction of sp³-hybridized carbons (Fsp3) is 0.552. The largest absolute Gasteiger partial charge is 0.755 e. The molecule has 0 aromatic heterocycles. The lowest BCUT2D eigenvalue weighted by Crippen LogP contribution is -2.46. The summed E-state index contributed by atoms with van der Waals surface area (Å²) >= 11 is -2.45. The highest BCUT2D eigenvalue weighted by atomic mass is 32.2. The van der Waals surface area contributed by atoms with E-state index >= 15 is 0 Å². The quantitative estimate of drug-likeness (QED) is 0.268. The Morgan fingerprint density at radius 2 is 1.56 bits per heavy atom. The Morgan fingerprint density at radius 3 is 2.24 bits per heavy atom. The molecule has 0 spiro atoms. The minimum Gasteiger partial charge on any atom is -0.755 e. The van der Waals surface area contributed by atoms with E-state index in [1.54, 1.807) is 30.3 Å². The van der Waals surface area contributed by atoms with Crippen LogP contribution in [-0.4, -0.2) is 83.3 Å². The van der Waals surface area contributed by atoms with E-state index in [2.05, 4.69) is 10.2 Å². The van der Waals surface area contributed by atoms with Gasteiger partial charge in [0.05, 0.1) is 11.7 Å². The molecule has 1 saturated heterocycles. The van der Waals surface area contributed by atoms with Gasteiger partial charge in [0.15, 0.2) is 23.0 Å². The maximum atomic E-state index is 12.9. The van der Waals surface area contributed by atoms with Crippen molar-refractivity contribution in [3.8, 4) is 23.0 Å². The van der Waals surface area contributed by atoms with Crippen molar-refractivity contribution >= 4 is 22.9 Å². The third-order valence-electron chi connectivity index (χ3n) is 7.55. The van der Waals surface area contributed by atoms with Crippen LogP contribution in [0.25, 0.3) is 0 Å². The van der Waals surface area contributed by atoms with Crippen LogP contribution in [0.3, 0.4) is 0 Å². The van der Waals surface area contributed by atoms with Gasteiger partial charge in [0.25, 0.3) is 0 Å². The van der Waals surface area contributed by atoms with Gasteiger partial charge in [-0.2, -0.15) is 0 Å². The van der Waals surface area contributed by atoms with Crippen molar-refractivity contribution in [2.75, 3.05) is 56.9 Å². The number of fused-ring (bicyclic) bond motifs is 2. The Bertz CT molecular complexity index is 1210. The molecule has 41 heavy (non-hydrogen) atoms. The van der Waals surface area contributed by atoms with E-state index in [-0.39, 0.29) is 18.9 Å². The molecule has 224 valence electrons. The zero-order valence-corrected chi connectivity index (χ0v) is 23.9. The number of hydrogen-bond acceptors (Lipinski definition) is 9. The molecule has 3 aliphatic heterocycles. The maximum absolute atomic E-state index is 12.9. The number of nitrogens with zero attached hydrogens (tertiary/aromatic N) is 2. The lowest BCUT2D eigenvalue weighted by atomic mass is 10.0. The summed E-state index contributed by atoms with van der Waals surface area (Å²) in [5, 5.41) is 14.3. The van der Waals surface area contributed by atoms with Crippen LogP contribution in [-0.2, 0) is 16.1 Å². The highest BCUT2D eigenvalue weighted by Gasteiger charge is 2.28. The van der Waals surface area contributed by atoms with E-state index < -0.39 is 23.4 Å². The van der Waals surface area contributed by atoms with E-state index in [4.69, 9.17) is 18.9 Å². The average molecular weight is 589 g/mol. The molecule has 3 heterocycles. The number of aliphatic hydroxyl groups excluding tert-OH is 1. The van der Waals surface area contributed by atoms with Crippen molar-refractivity contribution in [3.63, 3.8) is 0 Å². The Labute approximate surface area is 243 Å². The first-order chi connectivity index (χ1) is 20.0. The van der Waals surface area contributed by atoms with Crippen molar-refractivity contribution < 1.29 is 37.6 Å². The molecule has 1 amide bonds. The molecule has 3 aliphatic rings. The fourth-order valence-corrected chi connectivity index (χ4v) is 5.98. The number of unbranched alkanes of at least 4 members (excludes halogenated alkanes) is 2. The van der Waals surface area contributed by atoms with E-state index in [1.165, 1.54) is 4.31 Å². The van der Waals surface area contributed by atoms with Crippen LogP contribution in [0.1, 0.15) is 50.2 Å². The lowest BCUT2D eigenvalue weighted by molar-refractivity contribution is -0.123. The molecule has 0 aliphatic carbocycles. The van der Waals surface area contributed by atoms with Gasteiger partial charge < -0.3 is 43.1 Å². The summed E-state index contributed by atoms with van der Waals surface area (Å²) in [6, 6.07) is 10.0. The summed E-state index contributed by atoms with van der Waals surface area (Å²) in [5.74, 6) is 2.25. The van der Waals surface area contributed by atoms with Crippen LogP contribution in [0.15, 0.2) is 36.4 Å². The average Bonchev–Trinajstić information content (AvgIpc) is 3.51. The van der Waals surface area contributed by atoms with Gasteiger partial charge >= 0.3 is 0 Å². The molecule has 12 heteroatoms. The van der Waals surface area contributed by atoms with E-state index in [0.29, 0.717) is 86.5 Å². The van der Waals surface area contributed by atoms with Gasteiger partial charge in [-0.3, -0.25) is 9.00 Å². The van der Waals surface area contributed by atoms with Crippen LogP contribution >= 0.6 is 0 Å². The van der Waals surface area contributed by atoms with Crippen molar-refractivity contribution in [1.82, 2.24) is 10.2 Å². The molecule has 0 bridgehead atoms. The first kappa shape index (κ1) is 29.4. The number of likely N-dealkylation sites (tertiary alicyclic amines) is 1. The number of carbonyl (C=O) groups is 1. The Hall–Kier alpha value is -3.06. The first-order valence-corrected chi connectivity index (χ1v) is 15.4. The van der Waals surface area contributed by atoms with Crippen LogP contribution < -0.4 is 28.6 Å². The van der Waals surface area contributed by atoms with Crippen molar-refractivity contribution in [3.05, 3.63) is 42.0 Å². The maximum Gasteiger partial charge on any atom is 0.220 e. The van der Waals surface area contributed by atoms with Crippen LogP contribution in [0.4, 0.5) is 5.69 Å². The lowest BCUT2D eigenvalue weighted by Gasteiger charge is -2.29. The second kappa shape index (κ2) is 14.2. The van der Waals surface area contributed by atoms with Gasteiger partial charge in [-0.15, -0.1) is 0 Å². The summed E-state index contributed by atoms with van der Waals surface area (Å²) in [6.45, 7) is 4.58. The standard InChI is InChI=1S/C29H39N3O8S/c33-28(6-2-1-3-13-32(41(35)36)22-8-10-25-27(19-22)40-17-15-38-25)30-23(20-31-11-4-5-12-31)29(34)21-7-9-24-26(18-21)39-16-14-37-24/h7-10,18-19,23,29,34H,1-6,11-17,20H2,(H,30,33)(H,35,36)/p-1/t23-,29-/m1/s1. The molecule has 1 unspecified atom stereocenters. The van der Waals surface area contributed by atoms with E-state index in [0.717, 1.165) is 25.9 Å². The number of benzene rings is 2. The summed E-state index contributed by atoms with van der Waals surface area (Å²) in [7, 11) is 0. The number of carbonyl (C=O) groups excluding carboxylic acids is 1. The highest BCUT2D eigenvalue weighted by Crippen LogP contribution is 2.35. The smallest absolute Gasteiger partial charge is 0.220 e. The molecule has 1 fully saturated rings. The van der Waals surface area contributed by atoms with Crippen LogP contribution in [0.2, 0.25) is 0 Å². The molecular weight excluding hydrogens is 550 g/mol. The Morgan fingerprint density at radius 1 is 0.927 bits per heavy atom. The molecule has 0 radical (unpaired) electrons. The Balaban J connectivity index is 1.12. The SMILES string of the molecule is O=C(CCCCCN(c1ccc2c(c1)OCCO2)S(=O)[O-])N[C@H](CN1CCCC1)[C@H](O)c1ccc2c(c1)OCCO2. The van der Waals surface area contributed by atoms with Crippen molar-refractivity contribution in [2.45, 2.75) is 50.7 Å².